The Labute approximate surface area is 168 Å². The summed E-state index contributed by atoms with van der Waals surface area (Å²) in [6, 6.07) is 20.6. The van der Waals surface area contributed by atoms with Crippen LogP contribution in [0.4, 0.5) is 0 Å². The minimum atomic E-state index is 0.00302. The first-order valence-electron chi connectivity index (χ1n) is 9.52. The third-order valence-electron chi connectivity index (χ3n) is 4.76. The molecule has 2 aromatic heterocycles. The van der Waals surface area contributed by atoms with Crippen LogP contribution in [0, 0.1) is 6.92 Å². The molecular weight excluding hydrogens is 366 g/mol. The molecule has 1 N–H and O–H groups in total. The van der Waals surface area contributed by atoms with E-state index in [4.69, 9.17) is 4.98 Å². The Hall–Kier alpha value is -2.92. The normalized spacial score (nSPS) is 11.0. The highest BCUT2D eigenvalue weighted by Gasteiger charge is 2.11. The number of para-hydroxylation sites is 2. The van der Waals surface area contributed by atoms with Crippen LogP contribution in [0.1, 0.15) is 33.0 Å². The third-order valence-corrected chi connectivity index (χ3v) is 5.63. The number of nitrogens with zero attached hydrogens (tertiary/aromatic N) is 2. The fourth-order valence-corrected chi connectivity index (χ4v) is 4.07. The number of fused-ring (bicyclic) bond motifs is 1. The second kappa shape index (κ2) is 8.40. The van der Waals surface area contributed by atoms with E-state index in [0.29, 0.717) is 6.54 Å². The molecule has 0 fully saturated rings. The lowest BCUT2D eigenvalue weighted by atomic mass is 10.1. The number of hydrogen-bond acceptors (Lipinski definition) is 3. The van der Waals surface area contributed by atoms with Crippen molar-refractivity contribution in [1.29, 1.82) is 0 Å². The van der Waals surface area contributed by atoms with Gasteiger partial charge in [0.15, 0.2) is 0 Å². The Balaban J connectivity index is 1.47. The summed E-state index contributed by atoms with van der Waals surface area (Å²) in [7, 11) is 0. The van der Waals surface area contributed by atoms with Crippen LogP contribution in [-0.2, 0) is 13.0 Å². The third kappa shape index (κ3) is 4.15. The van der Waals surface area contributed by atoms with E-state index in [2.05, 4.69) is 59.3 Å². The number of nitrogens with one attached hydrogen (secondary N) is 1. The molecule has 0 aliphatic heterocycles. The first kappa shape index (κ1) is 18.4. The van der Waals surface area contributed by atoms with Gasteiger partial charge in [-0.05, 0) is 42.5 Å². The molecule has 0 bridgehead atoms. The number of rotatable bonds is 7. The van der Waals surface area contributed by atoms with Crippen molar-refractivity contribution in [2.75, 3.05) is 6.54 Å². The molecule has 0 saturated carbocycles. The molecule has 4 nitrogen and oxygen atoms in total. The Morgan fingerprint density at radius 2 is 2.00 bits per heavy atom. The summed E-state index contributed by atoms with van der Waals surface area (Å²) in [6.07, 6.45) is 1.68. The zero-order valence-electron chi connectivity index (χ0n) is 15.9. The highest BCUT2D eigenvalue weighted by Crippen LogP contribution is 2.19. The summed E-state index contributed by atoms with van der Waals surface area (Å²) in [4.78, 5) is 17.7. The van der Waals surface area contributed by atoms with Gasteiger partial charge in [0.25, 0.3) is 5.91 Å². The SMILES string of the molecule is Cc1cccc(Cn2c(CCCNC(=O)c3cccs3)nc3ccccc32)c1. The summed E-state index contributed by atoms with van der Waals surface area (Å²) in [5, 5.41) is 4.92. The fraction of sp³-hybridized carbons (Fsp3) is 0.217. The van der Waals surface area contributed by atoms with Gasteiger partial charge in [-0.25, -0.2) is 4.98 Å². The number of hydrogen-bond donors (Lipinski definition) is 1. The molecule has 142 valence electrons. The highest BCUT2D eigenvalue weighted by atomic mass is 32.1. The zero-order chi connectivity index (χ0) is 19.3. The van der Waals surface area contributed by atoms with Gasteiger partial charge in [0.05, 0.1) is 15.9 Å². The molecule has 0 spiro atoms. The van der Waals surface area contributed by atoms with E-state index in [1.807, 2.05) is 23.6 Å². The molecule has 0 aliphatic carbocycles. The number of carbonyl (C=O) groups is 1. The standard InChI is InChI=1S/C23H23N3OS/c1-17-7-4-8-18(15-17)16-26-20-10-3-2-9-19(20)25-22(26)12-5-13-24-23(27)21-11-6-14-28-21/h2-4,6-11,14-15H,5,12-13,16H2,1H3,(H,24,27). The van der Waals surface area contributed by atoms with Crippen LogP contribution in [0.25, 0.3) is 11.0 Å². The van der Waals surface area contributed by atoms with E-state index in [0.717, 1.165) is 41.1 Å². The first-order chi connectivity index (χ1) is 13.7. The predicted octanol–water partition coefficient (Wildman–Crippen LogP) is 4.82. The van der Waals surface area contributed by atoms with Crippen molar-refractivity contribution >= 4 is 28.3 Å². The largest absolute Gasteiger partial charge is 0.351 e. The Morgan fingerprint density at radius 3 is 2.82 bits per heavy atom. The molecule has 2 aromatic carbocycles. The van der Waals surface area contributed by atoms with E-state index < -0.39 is 0 Å². The maximum Gasteiger partial charge on any atom is 0.261 e. The highest BCUT2D eigenvalue weighted by molar-refractivity contribution is 7.12. The van der Waals surface area contributed by atoms with Crippen molar-refractivity contribution in [2.45, 2.75) is 26.3 Å². The number of carbonyl (C=O) groups excluding carboxylic acids is 1. The van der Waals surface area contributed by atoms with Crippen molar-refractivity contribution in [2.24, 2.45) is 0 Å². The smallest absolute Gasteiger partial charge is 0.261 e. The average molecular weight is 390 g/mol. The number of imidazole rings is 1. The molecule has 28 heavy (non-hydrogen) atoms. The lowest BCUT2D eigenvalue weighted by molar-refractivity contribution is 0.0957. The number of aryl methyl sites for hydroxylation is 2. The lowest BCUT2D eigenvalue weighted by Crippen LogP contribution is -2.24. The molecule has 5 heteroatoms. The van der Waals surface area contributed by atoms with Crippen molar-refractivity contribution in [1.82, 2.24) is 14.9 Å². The Morgan fingerprint density at radius 1 is 1.11 bits per heavy atom. The Bertz CT molecular complexity index is 1080. The molecule has 4 aromatic rings. The molecule has 1 amide bonds. The van der Waals surface area contributed by atoms with Gasteiger partial charge in [-0.3, -0.25) is 4.79 Å². The van der Waals surface area contributed by atoms with E-state index in [1.54, 1.807) is 0 Å². The van der Waals surface area contributed by atoms with Gasteiger partial charge in [-0.2, -0.15) is 0 Å². The second-order valence-electron chi connectivity index (χ2n) is 6.93. The molecule has 0 unspecified atom stereocenters. The fourth-order valence-electron chi connectivity index (χ4n) is 3.43. The van der Waals surface area contributed by atoms with Crippen LogP contribution in [0.15, 0.2) is 66.0 Å². The number of thiophene rings is 1. The molecule has 4 rings (SSSR count). The van der Waals surface area contributed by atoms with Gasteiger partial charge in [0.2, 0.25) is 0 Å². The summed E-state index contributed by atoms with van der Waals surface area (Å²) >= 11 is 1.46. The number of aromatic nitrogens is 2. The summed E-state index contributed by atoms with van der Waals surface area (Å²) in [5.74, 6) is 1.07. The monoisotopic (exact) mass is 389 g/mol. The van der Waals surface area contributed by atoms with E-state index in [-0.39, 0.29) is 5.91 Å². The van der Waals surface area contributed by atoms with E-state index >= 15 is 0 Å². The molecule has 0 aliphatic rings. The van der Waals surface area contributed by atoms with Crippen LogP contribution >= 0.6 is 11.3 Å². The van der Waals surface area contributed by atoms with Gasteiger partial charge >= 0.3 is 0 Å². The van der Waals surface area contributed by atoms with Crippen molar-refractivity contribution in [3.05, 3.63) is 87.9 Å². The summed E-state index contributed by atoms with van der Waals surface area (Å²) in [6.45, 7) is 3.57. The van der Waals surface area contributed by atoms with E-state index in [9.17, 15) is 4.79 Å². The van der Waals surface area contributed by atoms with Gasteiger partial charge in [0.1, 0.15) is 5.82 Å². The maximum absolute atomic E-state index is 12.1. The molecule has 0 radical (unpaired) electrons. The van der Waals surface area contributed by atoms with Gasteiger partial charge < -0.3 is 9.88 Å². The van der Waals surface area contributed by atoms with Gasteiger partial charge in [-0.15, -0.1) is 11.3 Å². The van der Waals surface area contributed by atoms with Crippen LogP contribution in [0.5, 0.6) is 0 Å². The first-order valence-corrected chi connectivity index (χ1v) is 10.4. The zero-order valence-corrected chi connectivity index (χ0v) is 16.7. The summed E-state index contributed by atoms with van der Waals surface area (Å²) < 4.78 is 2.30. The van der Waals surface area contributed by atoms with Gasteiger partial charge in [-0.1, -0.05) is 48.0 Å². The average Bonchev–Trinajstić information content (AvgIpc) is 3.34. The quantitative estimate of drug-likeness (QED) is 0.461. The molecule has 0 atom stereocenters. The number of benzene rings is 2. The lowest BCUT2D eigenvalue weighted by Gasteiger charge is -2.10. The minimum absolute atomic E-state index is 0.00302. The van der Waals surface area contributed by atoms with Crippen molar-refractivity contribution in [3.8, 4) is 0 Å². The maximum atomic E-state index is 12.1. The van der Waals surface area contributed by atoms with Crippen LogP contribution in [-0.4, -0.2) is 22.0 Å². The van der Waals surface area contributed by atoms with Crippen molar-refractivity contribution in [3.63, 3.8) is 0 Å². The topological polar surface area (TPSA) is 46.9 Å². The predicted molar refractivity (Wildman–Crippen MR) is 115 cm³/mol. The number of amides is 1. The minimum Gasteiger partial charge on any atom is -0.351 e. The second-order valence-corrected chi connectivity index (χ2v) is 7.88. The van der Waals surface area contributed by atoms with Gasteiger partial charge in [0, 0.05) is 19.5 Å². The molecular formula is C23H23N3OS. The van der Waals surface area contributed by atoms with Crippen LogP contribution in [0.2, 0.25) is 0 Å². The summed E-state index contributed by atoms with van der Waals surface area (Å²) in [5.41, 5.74) is 4.71. The van der Waals surface area contributed by atoms with Crippen LogP contribution in [0.3, 0.4) is 0 Å². The van der Waals surface area contributed by atoms with E-state index in [1.165, 1.54) is 22.5 Å². The molecule has 0 saturated heterocycles. The Kier molecular flexibility index (Phi) is 5.53. The van der Waals surface area contributed by atoms with Crippen molar-refractivity contribution < 1.29 is 4.79 Å². The van der Waals surface area contributed by atoms with Crippen LogP contribution < -0.4 is 5.32 Å². The molecule has 2 heterocycles.